The average molecular weight is 395 g/mol. The summed E-state index contributed by atoms with van der Waals surface area (Å²) in [5.74, 6) is -0.421. The fourth-order valence-electron chi connectivity index (χ4n) is 2.47. The van der Waals surface area contributed by atoms with E-state index in [9.17, 15) is 23.4 Å². The molecule has 28 heavy (non-hydrogen) atoms. The second kappa shape index (κ2) is 7.98. The molecule has 3 N–H and O–H groups in total. The maximum absolute atomic E-state index is 12.6. The van der Waals surface area contributed by atoms with Gasteiger partial charge >= 0.3 is 0 Å². The van der Waals surface area contributed by atoms with E-state index in [2.05, 4.69) is 4.72 Å². The molecule has 0 aliphatic carbocycles. The van der Waals surface area contributed by atoms with Crippen molar-refractivity contribution < 1.29 is 23.4 Å². The topological polar surface area (TPSA) is 104 Å². The second-order valence-corrected chi connectivity index (χ2v) is 7.62. The number of ketones is 1. The SMILES string of the molecule is O=C(/C=C/c1ccc(O)cc1NS(=O)(=O)c1ccc(O)cc1)c1ccccc1. The summed E-state index contributed by atoms with van der Waals surface area (Å²) in [4.78, 5) is 12.2. The van der Waals surface area contributed by atoms with Crippen LogP contribution in [-0.4, -0.2) is 24.4 Å². The van der Waals surface area contributed by atoms with Crippen molar-refractivity contribution in [1.29, 1.82) is 0 Å². The number of hydrogen-bond donors (Lipinski definition) is 3. The highest BCUT2D eigenvalue weighted by Crippen LogP contribution is 2.26. The number of sulfonamides is 1. The van der Waals surface area contributed by atoms with Gasteiger partial charge in [0.05, 0.1) is 10.6 Å². The highest BCUT2D eigenvalue weighted by atomic mass is 32.2. The van der Waals surface area contributed by atoms with Crippen molar-refractivity contribution >= 4 is 27.6 Å². The molecule has 0 aliphatic heterocycles. The largest absolute Gasteiger partial charge is 0.508 e. The Hall–Kier alpha value is -3.58. The molecule has 0 saturated carbocycles. The highest BCUT2D eigenvalue weighted by molar-refractivity contribution is 7.92. The zero-order valence-corrected chi connectivity index (χ0v) is 15.4. The predicted octanol–water partition coefficient (Wildman–Crippen LogP) is 3.79. The van der Waals surface area contributed by atoms with E-state index in [1.165, 1.54) is 54.6 Å². The fourth-order valence-corrected chi connectivity index (χ4v) is 3.55. The number of hydrogen-bond acceptors (Lipinski definition) is 5. The van der Waals surface area contributed by atoms with Crippen LogP contribution in [0.25, 0.3) is 6.08 Å². The Balaban J connectivity index is 1.90. The average Bonchev–Trinajstić information content (AvgIpc) is 2.68. The van der Waals surface area contributed by atoms with Gasteiger partial charge in [-0.15, -0.1) is 0 Å². The van der Waals surface area contributed by atoms with Crippen LogP contribution in [0.3, 0.4) is 0 Å². The maximum atomic E-state index is 12.6. The van der Waals surface area contributed by atoms with E-state index in [-0.39, 0.29) is 27.9 Å². The summed E-state index contributed by atoms with van der Waals surface area (Å²) in [7, 11) is -3.95. The van der Waals surface area contributed by atoms with Crippen LogP contribution in [0.5, 0.6) is 11.5 Å². The number of allylic oxidation sites excluding steroid dienone is 1. The van der Waals surface area contributed by atoms with E-state index in [1.54, 1.807) is 30.3 Å². The lowest BCUT2D eigenvalue weighted by Gasteiger charge is -2.11. The molecule has 0 aromatic heterocycles. The van der Waals surface area contributed by atoms with Gasteiger partial charge < -0.3 is 10.2 Å². The first-order chi connectivity index (χ1) is 13.3. The summed E-state index contributed by atoms with van der Waals surface area (Å²) in [6.45, 7) is 0. The van der Waals surface area contributed by atoms with Crippen LogP contribution in [0.2, 0.25) is 0 Å². The molecule has 0 aliphatic rings. The van der Waals surface area contributed by atoms with Crippen molar-refractivity contribution in [3.05, 3.63) is 90.0 Å². The number of phenolic OH excluding ortho intramolecular Hbond substituents is 2. The molecule has 142 valence electrons. The lowest BCUT2D eigenvalue weighted by molar-refractivity contribution is 0.104. The molecule has 7 heteroatoms. The third-order valence-electron chi connectivity index (χ3n) is 3.90. The van der Waals surface area contributed by atoms with Crippen LogP contribution in [0.4, 0.5) is 5.69 Å². The van der Waals surface area contributed by atoms with Gasteiger partial charge in [-0.2, -0.15) is 0 Å². The Morgan fingerprint density at radius 2 is 1.50 bits per heavy atom. The minimum absolute atomic E-state index is 0.0519. The summed E-state index contributed by atoms with van der Waals surface area (Å²) in [6, 6.07) is 17.8. The molecule has 0 spiro atoms. The number of rotatable bonds is 6. The third kappa shape index (κ3) is 4.57. The molecular weight excluding hydrogens is 378 g/mol. The lowest BCUT2D eigenvalue weighted by Crippen LogP contribution is -2.13. The molecule has 0 bridgehead atoms. The molecule has 0 radical (unpaired) electrons. The first-order valence-electron chi connectivity index (χ1n) is 8.27. The van der Waals surface area contributed by atoms with Gasteiger partial charge in [0.2, 0.25) is 0 Å². The smallest absolute Gasteiger partial charge is 0.261 e. The normalized spacial score (nSPS) is 11.4. The Morgan fingerprint density at radius 3 is 2.18 bits per heavy atom. The zero-order valence-electron chi connectivity index (χ0n) is 14.6. The van der Waals surface area contributed by atoms with Gasteiger partial charge in [-0.25, -0.2) is 8.42 Å². The van der Waals surface area contributed by atoms with Crippen LogP contribution in [0, 0.1) is 0 Å². The van der Waals surface area contributed by atoms with Crippen molar-refractivity contribution in [2.75, 3.05) is 4.72 Å². The monoisotopic (exact) mass is 395 g/mol. The van der Waals surface area contributed by atoms with Gasteiger partial charge in [0, 0.05) is 11.6 Å². The fraction of sp³-hybridized carbons (Fsp3) is 0. The van der Waals surface area contributed by atoms with Crippen molar-refractivity contribution in [2.45, 2.75) is 4.90 Å². The van der Waals surface area contributed by atoms with E-state index < -0.39 is 10.0 Å². The summed E-state index contributed by atoms with van der Waals surface area (Å²) in [5, 5.41) is 19.1. The number of phenols is 2. The van der Waals surface area contributed by atoms with Gasteiger partial charge in [0.15, 0.2) is 5.78 Å². The third-order valence-corrected chi connectivity index (χ3v) is 5.28. The quantitative estimate of drug-likeness (QED) is 0.435. The highest BCUT2D eigenvalue weighted by Gasteiger charge is 2.16. The number of anilines is 1. The lowest BCUT2D eigenvalue weighted by atomic mass is 10.1. The molecule has 0 atom stereocenters. The van der Waals surface area contributed by atoms with Crippen molar-refractivity contribution in [1.82, 2.24) is 0 Å². The van der Waals surface area contributed by atoms with Crippen LogP contribution in [-0.2, 0) is 10.0 Å². The van der Waals surface area contributed by atoms with E-state index in [0.717, 1.165) is 0 Å². The molecule has 3 aromatic rings. The Morgan fingerprint density at radius 1 is 0.857 bits per heavy atom. The maximum Gasteiger partial charge on any atom is 0.261 e. The number of carbonyl (C=O) groups excluding carboxylic acids is 1. The first-order valence-corrected chi connectivity index (χ1v) is 9.76. The molecule has 0 fully saturated rings. The summed E-state index contributed by atoms with van der Waals surface area (Å²) in [6.07, 6.45) is 2.81. The number of aromatic hydroxyl groups is 2. The van der Waals surface area contributed by atoms with E-state index >= 15 is 0 Å². The standard InChI is InChI=1S/C21H17NO5S/c23-17-9-11-19(12-10-17)28(26,27)22-20-14-18(24)8-6-15(20)7-13-21(25)16-4-2-1-3-5-16/h1-14,22-24H/b13-7+. The number of nitrogens with one attached hydrogen (secondary N) is 1. The van der Waals surface area contributed by atoms with E-state index in [0.29, 0.717) is 11.1 Å². The van der Waals surface area contributed by atoms with Crippen LogP contribution >= 0.6 is 0 Å². The van der Waals surface area contributed by atoms with Crippen molar-refractivity contribution in [3.63, 3.8) is 0 Å². The van der Waals surface area contributed by atoms with Crippen molar-refractivity contribution in [3.8, 4) is 11.5 Å². The van der Waals surface area contributed by atoms with Gasteiger partial charge in [0.1, 0.15) is 11.5 Å². The molecule has 3 rings (SSSR count). The van der Waals surface area contributed by atoms with Crippen LogP contribution < -0.4 is 4.72 Å². The predicted molar refractivity (Wildman–Crippen MR) is 107 cm³/mol. The van der Waals surface area contributed by atoms with Crippen LogP contribution in [0.15, 0.2) is 83.8 Å². The minimum atomic E-state index is -3.95. The number of carbonyl (C=O) groups is 1. The molecule has 0 unspecified atom stereocenters. The van der Waals surface area contributed by atoms with Crippen LogP contribution in [0.1, 0.15) is 15.9 Å². The molecule has 3 aromatic carbocycles. The number of benzene rings is 3. The van der Waals surface area contributed by atoms with Gasteiger partial charge in [-0.1, -0.05) is 30.3 Å². The minimum Gasteiger partial charge on any atom is -0.508 e. The molecule has 0 amide bonds. The Labute approximate surface area is 162 Å². The molecule has 0 saturated heterocycles. The van der Waals surface area contributed by atoms with E-state index in [1.807, 2.05) is 0 Å². The van der Waals surface area contributed by atoms with Gasteiger partial charge in [0.25, 0.3) is 10.0 Å². The zero-order chi connectivity index (χ0) is 20.1. The van der Waals surface area contributed by atoms with Crippen molar-refractivity contribution in [2.24, 2.45) is 0 Å². The van der Waals surface area contributed by atoms with Gasteiger partial charge in [-0.05, 0) is 54.1 Å². The van der Waals surface area contributed by atoms with E-state index in [4.69, 9.17) is 0 Å². The summed E-state index contributed by atoms with van der Waals surface area (Å²) >= 11 is 0. The Kier molecular flexibility index (Phi) is 5.47. The second-order valence-electron chi connectivity index (χ2n) is 5.93. The summed E-state index contributed by atoms with van der Waals surface area (Å²) < 4.78 is 27.5. The Bertz CT molecular complexity index is 1120. The molecular formula is C21H17NO5S. The molecule has 0 heterocycles. The van der Waals surface area contributed by atoms with Gasteiger partial charge in [-0.3, -0.25) is 9.52 Å². The first kappa shape index (κ1) is 19.2. The summed E-state index contributed by atoms with van der Waals surface area (Å²) in [5.41, 5.74) is 1.03. The molecule has 6 nitrogen and oxygen atoms in total.